The van der Waals surface area contributed by atoms with Gasteiger partial charge in [0.2, 0.25) is 0 Å². The minimum absolute atomic E-state index is 0.460. The predicted molar refractivity (Wildman–Crippen MR) is 103 cm³/mol. The summed E-state index contributed by atoms with van der Waals surface area (Å²) in [5.41, 5.74) is 3.99. The van der Waals surface area contributed by atoms with E-state index in [0.29, 0.717) is 13.0 Å². The maximum absolute atomic E-state index is 8.87. The molecule has 3 rings (SSSR count). The van der Waals surface area contributed by atoms with Crippen LogP contribution in [-0.4, -0.2) is 37.7 Å². The molecule has 0 spiro atoms. The van der Waals surface area contributed by atoms with Crippen LogP contribution in [0, 0.1) is 11.3 Å². The topological polar surface area (TPSA) is 56.1 Å². The molecule has 5 nitrogen and oxygen atoms in total. The van der Waals surface area contributed by atoms with Crippen molar-refractivity contribution in [3.05, 3.63) is 48.7 Å². The van der Waals surface area contributed by atoms with Crippen LogP contribution in [0.25, 0.3) is 22.2 Å². The Labute approximate surface area is 148 Å². The smallest absolute Gasteiger partial charge is 0.138 e. The van der Waals surface area contributed by atoms with Crippen LogP contribution in [0.5, 0.6) is 0 Å². The maximum Gasteiger partial charge on any atom is 0.138 e. The minimum Gasteiger partial charge on any atom is -0.378 e. The molecule has 0 saturated carbocycles. The van der Waals surface area contributed by atoms with Gasteiger partial charge in [0.05, 0.1) is 23.7 Å². The number of hydrogen-bond donors (Lipinski definition) is 0. The van der Waals surface area contributed by atoms with Crippen LogP contribution in [0.15, 0.2) is 48.7 Å². The van der Waals surface area contributed by atoms with Crippen molar-refractivity contribution in [1.82, 2.24) is 9.97 Å². The Bertz CT molecular complexity index is 910. The van der Waals surface area contributed by atoms with Crippen molar-refractivity contribution in [3.63, 3.8) is 0 Å². The summed E-state index contributed by atoms with van der Waals surface area (Å²) in [5.74, 6) is 0.854. The van der Waals surface area contributed by atoms with Gasteiger partial charge in [0, 0.05) is 50.5 Å². The lowest BCUT2D eigenvalue weighted by atomic mass is 10.1. The number of aromatic nitrogens is 2. The van der Waals surface area contributed by atoms with Crippen molar-refractivity contribution >= 4 is 22.4 Å². The summed E-state index contributed by atoms with van der Waals surface area (Å²) < 4.78 is 0. The van der Waals surface area contributed by atoms with Gasteiger partial charge in [-0.2, -0.15) is 5.26 Å². The second-order valence-electron chi connectivity index (χ2n) is 6.17. The summed E-state index contributed by atoms with van der Waals surface area (Å²) in [4.78, 5) is 13.4. The van der Waals surface area contributed by atoms with Gasteiger partial charge in [0.15, 0.2) is 0 Å². The highest BCUT2D eigenvalue weighted by Crippen LogP contribution is 2.29. The van der Waals surface area contributed by atoms with E-state index in [2.05, 4.69) is 40.2 Å². The van der Waals surface area contributed by atoms with Crippen LogP contribution in [0.3, 0.4) is 0 Å². The lowest BCUT2D eigenvalue weighted by Gasteiger charge is -2.20. The standard InChI is InChI=1S/C20H21N5/c1-24(2)16-9-7-15(8-10-16)18-14-19-17(6-4-12-22-19)20(23-18)25(3)13-5-11-21/h4,6-10,12,14H,5,13H2,1-3H3. The molecule has 0 amide bonds. The fourth-order valence-electron chi connectivity index (χ4n) is 2.75. The van der Waals surface area contributed by atoms with E-state index in [9.17, 15) is 0 Å². The van der Waals surface area contributed by atoms with Crippen molar-refractivity contribution in [2.45, 2.75) is 6.42 Å². The minimum atomic E-state index is 0.460. The molecule has 3 aromatic rings. The van der Waals surface area contributed by atoms with Crippen LogP contribution in [0.2, 0.25) is 0 Å². The number of hydrogen-bond acceptors (Lipinski definition) is 5. The predicted octanol–water partition coefficient (Wildman–Crippen LogP) is 3.71. The van der Waals surface area contributed by atoms with Gasteiger partial charge in [-0.15, -0.1) is 0 Å². The average molecular weight is 331 g/mol. The highest BCUT2D eigenvalue weighted by molar-refractivity contribution is 5.92. The van der Waals surface area contributed by atoms with Gasteiger partial charge >= 0.3 is 0 Å². The van der Waals surface area contributed by atoms with Crippen LogP contribution >= 0.6 is 0 Å². The summed E-state index contributed by atoms with van der Waals surface area (Å²) in [6.07, 6.45) is 2.25. The summed E-state index contributed by atoms with van der Waals surface area (Å²) >= 11 is 0. The van der Waals surface area contributed by atoms with Crippen LogP contribution < -0.4 is 9.80 Å². The second-order valence-corrected chi connectivity index (χ2v) is 6.17. The number of pyridine rings is 2. The molecule has 0 radical (unpaired) electrons. The lowest BCUT2D eigenvalue weighted by Crippen LogP contribution is -2.20. The monoisotopic (exact) mass is 331 g/mol. The largest absolute Gasteiger partial charge is 0.378 e. The van der Waals surface area contributed by atoms with Gasteiger partial charge in [-0.05, 0) is 30.3 Å². The van der Waals surface area contributed by atoms with E-state index in [4.69, 9.17) is 10.2 Å². The third-order valence-corrected chi connectivity index (χ3v) is 4.18. The molecule has 0 N–H and O–H groups in total. The SMILES string of the molecule is CN(C)c1ccc(-c2cc3ncccc3c(N(C)CCC#N)n2)cc1. The zero-order valence-corrected chi connectivity index (χ0v) is 14.8. The molecule has 0 saturated heterocycles. The lowest BCUT2D eigenvalue weighted by molar-refractivity contribution is 0.891. The molecule has 0 bridgehead atoms. The summed E-state index contributed by atoms with van der Waals surface area (Å²) in [5, 5.41) is 9.86. The summed E-state index contributed by atoms with van der Waals surface area (Å²) in [6, 6.07) is 16.5. The third-order valence-electron chi connectivity index (χ3n) is 4.18. The van der Waals surface area contributed by atoms with E-state index in [-0.39, 0.29) is 0 Å². The van der Waals surface area contributed by atoms with Crippen LogP contribution in [0.1, 0.15) is 6.42 Å². The number of rotatable bonds is 5. The molecule has 25 heavy (non-hydrogen) atoms. The summed E-state index contributed by atoms with van der Waals surface area (Å²) in [7, 11) is 6.01. The van der Waals surface area contributed by atoms with Crippen molar-refractivity contribution in [2.75, 3.05) is 37.5 Å². The number of nitriles is 1. The van der Waals surface area contributed by atoms with Gasteiger partial charge in [0.1, 0.15) is 5.82 Å². The fourth-order valence-corrected chi connectivity index (χ4v) is 2.75. The molecule has 5 heteroatoms. The Morgan fingerprint density at radius 2 is 1.84 bits per heavy atom. The molecular weight excluding hydrogens is 310 g/mol. The van der Waals surface area contributed by atoms with Crippen LogP contribution in [-0.2, 0) is 0 Å². The molecule has 0 aliphatic carbocycles. The zero-order chi connectivity index (χ0) is 17.8. The summed E-state index contributed by atoms with van der Waals surface area (Å²) in [6.45, 7) is 0.635. The molecule has 1 aromatic carbocycles. The van der Waals surface area contributed by atoms with Crippen molar-refractivity contribution in [3.8, 4) is 17.3 Å². The molecule has 0 aliphatic heterocycles. The molecule has 0 unspecified atom stereocenters. The van der Waals surface area contributed by atoms with E-state index >= 15 is 0 Å². The van der Waals surface area contributed by atoms with Gasteiger partial charge in [-0.3, -0.25) is 4.98 Å². The second kappa shape index (κ2) is 7.18. The molecular formula is C20H21N5. The van der Waals surface area contributed by atoms with E-state index in [1.165, 1.54) is 0 Å². The van der Waals surface area contributed by atoms with Gasteiger partial charge in [-0.1, -0.05) is 12.1 Å². The van der Waals surface area contributed by atoms with Crippen molar-refractivity contribution < 1.29 is 0 Å². The number of fused-ring (bicyclic) bond motifs is 1. The molecule has 126 valence electrons. The molecule has 0 fully saturated rings. The van der Waals surface area contributed by atoms with E-state index in [1.54, 1.807) is 6.20 Å². The number of benzene rings is 1. The first-order chi connectivity index (χ1) is 12.1. The Morgan fingerprint density at radius 1 is 1.08 bits per heavy atom. The highest BCUT2D eigenvalue weighted by Gasteiger charge is 2.12. The molecule has 0 atom stereocenters. The van der Waals surface area contributed by atoms with Gasteiger partial charge in [-0.25, -0.2) is 4.98 Å². The van der Waals surface area contributed by atoms with Gasteiger partial charge in [0.25, 0.3) is 0 Å². The zero-order valence-electron chi connectivity index (χ0n) is 14.8. The van der Waals surface area contributed by atoms with E-state index in [1.807, 2.05) is 44.2 Å². The molecule has 2 heterocycles. The van der Waals surface area contributed by atoms with Crippen molar-refractivity contribution in [1.29, 1.82) is 5.26 Å². The first-order valence-corrected chi connectivity index (χ1v) is 8.22. The highest BCUT2D eigenvalue weighted by atomic mass is 15.2. The average Bonchev–Trinajstić information content (AvgIpc) is 2.65. The van der Waals surface area contributed by atoms with Crippen LogP contribution in [0.4, 0.5) is 11.5 Å². The number of anilines is 2. The third kappa shape index (κ3) is 3.53. The Hall–Kier alpha value is -3.13. The maximum atomic E-state index is 8.87. The normalized spacial score (nSPS) is 10.5. The quantitative estimate of drug-likeness (QED) is 0.713. The first-order valence-electron chi connectivity index (χ1n) is 8.22. The first kappa shape index (κ1) is 16.7. The van der Waals surface area contributed by atoms with Gasteiger partial charge < -0.3 is 9.80 Å². The van der Waals surface area contributed by atoms with E-state index < -0.39 is 0 Å². The number of nitrogens with zero attached hydrogens (tertiary/aromatic N) is 5. The van der Waals surface area contributed by atoms with E-state index in [0.717, 1.165) is 33.7 Å². The Balaban J connectivity index is 2.08. The Morgan fingerprint density at radius 3 is 2.52 bits per heavy atom. The van der Waals surface area contributed by atoms with Crippen molar-refractivity contribution in [2.24, 2.45) is 0 Å². The Kier molecular flexibility index (Phi) is 4.80. The molecule has 0 aliphatic rings. The fraction of sp³-hybridized carbons (Fsp3) is 0.250. The molecule has 2 aromatic heterocycles.